The molecule has 0 radical (unpaired) electrons. The number of piperidine rings is 2. The van der Waals surface area contributed by atoms with Crippen LogP contribution in [0.1, 0.15) is 82.5 Å². The Morgan fingerprint density at radius 2 is 1.60 bits per heavy atom. The van der Waals surface area contributed by atoms with Crippen molar-refractivity contribution in [2.45, 2.75) is 124 Å². The molecule has 8 rings (SSSR count). The Labute approximate surface area is 280 Å². The third kappa shape index (κ3) is 3.66. The summed E-state index contributed by atoms with van der Waals surface area (Å²) in [4.78, 5) is 15.6. The molecule has 7 fully saturated rings. The van der Waals surface area contributed by atoms with Gasteiger partial charge >= 0.3 is 5.97 Å². The smallest absolute Gasteiger partial charge is 0.338 e. The van der Waals surface area contributed by atoms with Crippen molar-refractivity contribution >= 4 is 5.97 Å². The summed E-state index contributed by atoms with van der Waals surface area (Å²) in [7, 11) is 2.97. The molecule has 0 aromatic heterocycles. The number of methoxy groups -OCH3 is 2. The average molecular weight is 674 g/mol. The lowest BCUT2D eigenvalue weighted by Crippen LogP contribution is -2.85. The topological polar surface area (TPSA) is 179 Å². The molecule has 1 spiro atoms. The first-order chi connectivity index (χ1) is 22.5. The summed E-state index contributed by atoms with van der Waals surface area (Å²) in [5.74, 6) is -3.63. The van der Waals surface area contributed by atoms with Crippen LogP contribution in [-0.4, -0.2) is 121 Å². The second-order valence-corrected chi connectivity index (χ2v) is 16.8. The Balaban J connectivity index is 1.16. The van der Waals surface area contributed by atoms with Gasteiger partial charge in [-0.1, -0.05) is 13.8 Å². The van der Waals surface area contributed by atoms with Crippen molar-refractivity contribution in [3.63, 3.8) is 0 Å². The first-order valence-corrected chi connectivity index (χ1v) is 17.6. The summed E-state index contributed by atoms with van der Waals surface area (Å²) in [6.45, 7) is 6.57. The second kappa shape index (κ2) is 10.1. The van der Waals surface area contributed by atoms with E-state index in [1.54, 1.807) is 19.1 Å². The van der Waals surface area contributed by atoms with Crippen molar-refractivity contribution in [2.75, 3.05) is 27.3 Å². The van der Waals surface area contributed by atoms with Crippen molar-refractivity contribution in [3.8, 4) is 11.5 Å². The molecule has 14 atom stereocenters. The van der Waals surface area contributed by atoms with Crippen LogP contribution in [0.5, 0.6) is 11.5 Å². The van der Waals surface area contributed by atoms with E-state index >= 15 is 0 Å². The van der Waals surface area contributed by atoms with Gasteiger partial charge in [0.15, 0.2) is 17.6 Å². The summed E-state index contributed by atoms with van der Waals surface area (Å²) in [5, 5.41) is 74.7. The number of carbonyl (C=O) groups excluding carboxylic acids is 1. The highest BCUT2D eigenvalue weighted by atomic mass is 16.7. The minimum absolute atomic E-state index is 0.101. The van der Waals surface area contributed by atoms with Crippen molar-refractivity contribution in [2.24, 2.45) is 29.1 Å². The van der Waals surface area contributed by atoms with Gasteiger partial charge < -0.3 is 49.6 Å². The zero-order chi connectivity index (χ0) is 34.4. The average Bonchev–Trinajstić information content (AvgIpc) is 3.21. The van der Waals surface area contributed by atoms with E-state index < -0.39 is 81.2 Å². The van der Waals surface area contributed by atoms with Crippen molar-refractivity contribution in [3.05, 3.63) is 23.8 Å². The molecule has 4 bridgehead atoms. The van der Waals surface area contributed by atoms with E-state index in [9.17, 15) is 35.4 Å². The maximum absolute atomic E-state index is 13.5. The molecule has 3 aliphatic heterocycles. The van der Waals surface area contributed by atoms with Crippen molar-refractivity contribution < 1.29 is 54.4 Å². The first-order valence-electron chi connectivity index (χ1n) is 17.6. The summed E-state index contributed by atoms with van der Waals surface area (Å²) < 4.78 is 23.5. The molecule has 3 saturated heterocycles. The van der Waals surface area contributed by atoms with Gasteiger partial charge in [0.2, 0.25) is 5.79 Å². The van der Waals surface area contributed by atoms with E-state index in [4.69, 9.17) is 18.9 Å². The molecule has 6 N–H and O–H groups in total. The summed E-state index contributed by atoms with van der Waals surface area (Å²) >= 11 is 0. The van der Waals surface area contributed by atoms with Crippen LogP contribution in [0.2, 0.25) is 0 Å². The molecule has 3 heterocycles. The SMILES string of the molecule is COc1ccc(C(=O)OC2CC[C@@]3(C)C4CCC5[C@]6(O)CC(O)[C@@]7(O)C(CN8CC(C)CCC8[C@@]7(C)O)[C@]6(O)C[C@]53O[C@]24O)cc1OC. The molecule has 4 aliphatic carbocycles. The maximum Gasteiger partial charge on any atom is 0.338 e. The molecule has 7 unspecified atom stereocenters. The highest BCUT2D eigenvalue weighted by Crippen LogP contribution is 2.78. The molecular formula is C36H51NO11. The number of rotatable bonds is 4. The molecule has 266 valence electrons. The molecule has 4 saturated carbocycles. The Bertz CT molecular complexity index is 1520. The molecule has 12 nitrogen and oxygen atoms in total. The fourth-order valence-corrected chi connectivity index (χ4v) is 12.6. The largest absolute Gasteiger partial charge is 0.493 e. The number of aliphatic hydroxyl groups is 6. The Hall–Kier alpha value is -2.03. The van der Waals surface area contributed by atoms with Crippen molar-refractivity contribution in [1.29, 1.82) is 0 Å². The third-order valence-corrected chi connectivity index (χ3v) is 14.9. The van der Waals surface area contributed by atoms with Gasteiger partial charge in [-0.3, -0.25) is 4.90 Å². The number of esters is 1. The molecule has 1 aromatic rings. The van der Waals surface area contributed by atoms with Gasteiger partial charge in [0.05, 0.1) is 31.5 Å². The standard InChI is InChI=1S/C36H51NO11/c1-19-6-11-26-31(3,40)35(43)25(17-37(26)16-19)33(42)18-34-24(32(33,41)15-27(35)38)10-9-23-30(34,2)13-12-28(36(23,44)48-34)47-29(39)20-7-8-21(45-4)22(14-20)46-5/h7-8,14,19,23-28,38,40-44H,6,9-13,15-18H2,1-5H3/t19?,23?,24?,25?,26?,27?,28?,30-,31+,32+,33+,34-,35-,36-/m0/s1. The normalized spacial score (nSPS) is 53.6. The second-order valence-electron chi connectivity index (χ2n) is 16.8. The van der Waals surface area contributed by atoms with Crippen LogP contribution in [0.25, 0.3) is 0 Å². The fraction of sp³-hybridized carbons (Fsp3) is 0.806. The van der Waals surface area contributed by atoms with Gasteiger partial charge in [-0.25, -0.2) is 4.79 Å². The van der Waals surface area contributed by atoms with Gasteiger partial charge in [0.25, 0.3) is 0 Å². The quantitative estimate of drug-likeness (QED) is 0.253. The van der Waals surface area contributed by atoms with E-state index in [1.165, 1.54) is 20.3 Å². The minimum Gasteiger partial charge on any atom is -0.493 e. The van der Waals surface area contributed by atoms with E-state index in [2.05, 4.69) is 11.8 Å². The number of nitrogens with zero attached hydrogens (tertiary/aromatic N) is 1. The molecule has 12 heteroatoms. The summed E-state index contributed by atoms with van der Waals surface area (Å²) in [6.07, 6.45) is 0.172. The van der Waals surface area contributed by atoms with E-state index in [0.717, 1.165) is 6.42 Å². The van der Waals surface area contributed by atoms with Crippen LogP contribution in [0.4, 0.5) is 0 Å². The number of hydrogen-bond donors (Lipinski definition) is 6. The summed E-state index contributed by atoms with van der Waals surface area (Å²) in [5.41, 5.74) is -9.44. The number of hydrogen-bond acceptors (Lipinski definition) is 12. The monoisotopic (exact) mass is 673 g/mol. The van der Waals surface area contributed by atoms with E-state index in [-0.39, 0.29) is 24.9 Å². The molecule has 0 amide bonds. The lowest BCUT2D eigenvalue weighted by atomic mass is 9.49. The first kappa shape index (κ1) is 33.1. The van der Waals surface area contributed by atoms with Gasteiger partial charge in [-0.2, -0.15) is 0 Å². The molecular weight excluding hydrogens is 622 g/mol. The Morgan fingerprint density at radius 1 is 0.896 bits per heavy atom. The van der Waals surface area contributed by atoms with Crippen LogP contribution in [0.15, 0.2) is 18.2 Å². The van der Waals surface area contributed by atoms with Crippen molar-refractivity contribution in [1.82, 2.24) is 4.90 Å². The number of ether oxygens (including phenoxy) is 4. The van der Waals surface area contributed by atoms with Gasteiger partial charge in [-0.05, 0) is 69.6 Å². The fourth-order valence-electron chi connectivity index (χ4n) is 12.6. The van der Waals surface area contributed by atoms with Crippen LogP contribution in [0.3, 0.4) is 0 Å². The van der Waals surface area contributed by atoms with Gasteiger partial charge in [-0.15, -0.1) is 0 Å². The highest BCUT2D eigenvalue weighted by Gasteiger charge is 2.88. The summed E-state index contributed by atoms with van der Waals surface area (Å²) in [6, 6.07) is 4.28. The predicted molar refractivity (Wildman–Crippen MR) is 169 cm³/mol. The van der Waals surface area contributed by atoms with Crippen LogP contribution in [-0.2, 0) is 9.47 Å². The van der Waals surface area contributed by atoms with Crippen LogP contribution < -0.4 is 9.47 Å². The molecule has 1 aromatic carbocycles. The number of carbonyl (C=O) groups is 1. The Kier molecular flexibility index (Phi) is 6.94. The zero-order valence-electron chi connectivity index (χ0n) is 28.5. The lowest BCUT2D eigenvalue weighted by molar-refractivity contribution is -0.354. The number of fused-ring (bicyclic) bond motifs is 5. The minimum atomic E-state index is -2.10. The van der Waals surface area contributed by atoms with E-state index in [0.29, 0.717) is 56.1 Å². The zero-order valence-corrected chi connectivity index (χ0v) is 28.5. The van der Waals surface area contributed by atoms with Gasteiger partial charge in [0.1, 0.15) is 22.4 Å². The maximum atomic E-state index is 13.5. The van der Waals surface area contributed by atoms with Crippen LogP contribution in [0, 0.1) is 29.1 Å². The van der Waals surface area contributed by atoms with Crippen LogP contribution >= 0.6 is 0 Å². The lowest BCUT2D eigenvalue weighted by Gasteiger charge is -2.68. The van der Waals surface area contributed by atoms with Gasteiger partial charge in [0, 0.05) is 55.1 Å². The highest BCUT2D eigenvalue weighted by molar-refractivity contribution is 5.90. The van der Waals surface area contributed by atoms with E-state index in [1.807, 2.05) is 6.92 Å². The number of benzene rings is 1. The molecule has 7 aliphatic rings. The Morgan fingerprint density at radius 3 is 2.31 bits per heavy atom. The molecule has 48 heavy (non-hydrogen) atoms. The third-order valence-electron chi connectivity index (χ3n) is 14.9. The predicted octanol–water partition coefficient (Wildman–Crippen LogP) is 1.36. The number of aliphatic hydroxyl groups excluding tert-OH is 1.